The van der Waals surface area contributed by atoms with Gasteiger partial charge in [0.15, 0.2) is 5.69 Å². The molecule has 24 heavy (non-hydrogen) atoms. The summed E-state index contributed by atoms with van der Waals surface area (Å²) < 4.78 is 7.95. The maximum atomic E-state index is 12.7. The number of benzene rings is 1. The molecule has 0 atom stereocenters. The Balaban J connectivity index is 1.68. The van der Waals surface area contributed by atoms with E-state index in [2.05, 4.69) is 32.0 Å². The van der Waals surface area contributed by atoms with Crippen LogP contribution in [0.2, 0.25) is 0 Å². The molecule has 128 valence electrons. The van der Waals surface area contributed by atoms with Crippen molar-refractivity contribution in [2.24, 2.45) is 0 Å². The first-order chi connectivity index (χ1) is 11.6. The van der Waals surface area contributed by atoms with Gasteiger partial charge in [-0.25, -0.2) is 0 Å². The summed E-state index contributed by atoms with van der Waals surface area (Å²) in [5.41, 5.74) is 1.56. The summed E-state index contributed by atoms with van der Waals surface area (Å²) in [5.74, 6) is 0.843. The quantitative estimate of drug-likeness (QED) is 0.802. The number of nitrogens with zero attached hydrogens (tertiary/aromatic N) is 4. The minimum Gasteiger partial charge on any atom is -0.495 e. The lowest BCUT2D eigenvalue weighted by molar-refractivity contribution is 0.0739. The van der Waals surface area contributed by atoms with Crippen molar-refractivity contribution in [2.75, 3.05) is 38.2 Å². The molecule has 1 aliphatic rings. The molecule has 7 heteroatoms. The molecule has 3 rings (SSSR count). The molecule has 0 spiro atoms. The Morgan fingerprint density at radius 2 is 1.96 bits per heavy atom. The number of methoxy groups -OCH3 is 1. The first-order valence-corrected chi connectivity index (χ1v) is 8.83. The number of hydrogen-bond acceptors (Lipinski definition) is 4. The van der Waals surface area contributed by atoms with Gasteiger partial charge in [-0.3, -0.25) is 9.48 Å². The topological polar surface area (TPSA) is 50.6 Å². The van der Waals surface area contributed by atoms with Crippen LogP contribution in [0.5, 0.6) is 5.75 Å². The van der Waals surface area contributed by atoms with Gasteiger partial charge in [-0.05, 0) is 35.0 Å². The van der Waals surface area contributed by atoms with E-state index in [1.807, 2.05) is 36.2 Å². The van der Waals surface area contributed by atoms with Gasteiger partial charge in [0.2, 0.25) is 0 Å². The van der Waals surface area contributed by atoms with Crippen LogP contribution in [0, 0.1) is 0 Å². The zero-order chi connectivity index (χ0) is 17.1. The number of halogens is 1. The van der Waals surface area contributed by atoms with Crippen LogP contribution in [0.15, 0.2) is 34.9 Å². The van der Waals surface area contributed by atoms with E-state index in [-0.39, 0.29) is 5.91 Å². The number of piperazine rings is 1. The van der Waals surface area contributed by atoms with Gasteiger partial charge in [-0.1, -0.05) is 12.1 Å². The highest BCUT2D eigenvalue weighted by Crippen LogP contribution is 2.28. The SMILES string of the molecule is CCn1cc(Br)c(C(=O)N2CCN(c3ccccc3OC)CC2)n1. The monoisotopic (exact) mass is 392 g/mol. The summed E-state index contributed by atoms with van der Waals surface area (Å²) in [5, 5.41) is 4.35. The summed E-state index contributed by atoms with van der Waals surface area (Å²) in [7, 11) is 1.68. The fourth-order valence-electron chi connectivity index (χ4n) is 2.90. The van der Waals surface area contributed by atoms with Crippen LogP contribution in [0.25, 0.3) is 0 Å². The smallest absolute Gasteiger partial charge is 0.275 e. The predicted molar refractivity (Wildman–Crippen MR) is 96.7 cm³/mol. The summed E-state index contributed by atoms with van der Waals surface area (Å²) in [6.07, 6.45) is 1.85. The third-order valence-electron chi connectivity index (χ3n) is 4.24. The normalized spacial score (nSPS) is 14.8. The number of hydrogen-bond donors (Lipinski definition) is 0. The maximum Gasteiger partial charge on any atom is 0.275 e. The van der Waals surface area contributed by atoms with Gasteiger partial charge in [-0.15, -0.1) is 0 Å². The third kappa shape index (κ3) is 3.26. The lowest BCUT2D eigenvalue weighted by atomic mass is 10.2. The van der Waals surface area contributed by atoms with Crippen molar-refractivity contribution in [3.05, 3.63) is 40.6 Å². The largest absolute Gasteiger partial charge is 0.495 e. The van der Waals surface area contributed by atoms with Crippen LogP contribution in [0.3, 0.4) is 0 Å². The Morgan fingerprint density at radius 3 is 2.58 bits per heavy atom. The molecule has 2 heterocycles. The summed E-state index contributed by atoms with van der Waals surface area (Å²) in [6.45, 7) is 5.63. The molecule has 1 fully saturated rings. The van der Waals surface area contributed by atoms with Crippen molar-refractivity contribution in [3.8, 4) is 5.75 Å². The van der Waals surface area contributed by atoms with E-state index in [4.69, 9.17) is 4.74 Å². The van der Waals surface area contributed by atoms with E-state index in [9.17, 15) is 4.79 Å². The fourth-order valence-corrected chi connectivity index (χ4v) is 3.38. The number of amides is 1. The first-order valence-electron chi connectivity index (χ1n) is 8.04. The van der Waals surface area contributed by atoms with Gasteiger partial charge in [0.25, 0.3) is 5.91 Å². The zero-order valence-electron chi connectivity index (χ0n) is 13.9. The lowest BCUT2D eigenvalue weighted by Crippen LogP contribution is -2.49. The first kappa shape index (κ1) is 16.8. The van der Waals surface area contributed by atoms with Crippen molar-refractivity contribution < 1.29 is 9.53 Å². The van der Waals surface area contributed by atoms with E-state index in [1.54, 1.807) is 11.8 Å². The third-order valence-corrected chi connectivity index (χ3v) is 4.82. The Bertz CT molecular complexity index is 723. The Labute approximate surface area is 150 Å². The van der Waals surface area contributed by atoms with Gasteiger partial charge in [0.05, 0.1) is 17.3 Å². The zero-order valence-corrected chi connectivity index (χ0v) is 15.5. The van der Waals surface area contributed by atoms with E-state index >= 15 is 0 Å². The molecule has 0 bridgehead atoms. The molecule has 1 aromatic heterocycles. The van der Waals surface area contributed by atoms with Crippen molar-refractivity contribution >= 4 is 27.5 Å². The van der Waals surface area contributed by atoms with Crippen LogP contribution in [0.4, 0.5) is 5.69 Å². The van der Waals surface area contributed by atoms with Gasteiger partial charge >= 0.3 is 0 Å². The molecule has 6 nitrogen and oxygen atoms in total. The summed E-state index contributed by atoms with van der Waals surface area (Å²) in [4.78, 5) is 16.8. The highest BCUT2D eigenvalue weighted by atomic mass is 79.9. The van der Waals surface area contributed by atoms with Crippen molar-refractivity contribution in [3.63, 3.8) is 0 Å². The van der Waals surface area contributed by atoms with Gasteiger partial charge in [0.1, 0.15) is 5.75 Å². The molecule has 0 aliphatic carbocycles. The second kappa shape index (κ2) is 7.25. The number of para-hydroxylation sites is 2. The molecule has 0 N–H and O–H groups in total. The van der Waals surface area contributed by atoms with Crippen molar-refractivity contribution in [1.29, 1.82) is 0 Å². The maximum absolute atomic E-state index is 12.7. The van der Waals surface area contributed by atoms with Gasteiger partial charge < -0.3 is 14.5 Å². The molecule has 1 amide bonds. The molecule has 0 radical (unpaired) electrons. The Kier molecular flexibility index (Phi) is 5.08. The number of aromatic nitrogens is 2. The minimum atomic E-state index is -0.0197. The van der Waals surface area contributed by atoms with E-state index in [1.165, 1.54) is 0 Å². The number of rotatable bonds is 4. The average molecular weight is 393 g/mol. The number of ether oxygens (including phenoxy) is 1. The van der Waals surface area contributed by atoms with E-state index < -0.39 is 0 Å². The molecular weight excluding hydrogens is 372 g/mol. The highest BCUT2D eigenvalue weighted by Gasteiger charge is 2.26. The molecule has 2 aromatic rings. The molecule has 1 aromatic carbocycles. The Morgan fingerprint density at radius 1 is 1.25 bits per heavy atom. The standard InChI is InChI=1S/C17H21BrN4O2/c1-3-22-12-13(18)16(19-22)17(23)21-10-8-20(9-11-21)14-6-4-5-7-15(14)24-2/h4-7,12H,3,8-11H2,1-2H3. The number of aryl methyl sites for hydroxylation is 1. The molecule has 1 saturated heterocycles. The van der Waals surface area contributed by atoms with Crippen molar-refractivity contribution in [2.45, 2.75) is 13.5 Å². The molecule has 0 unspecified atom stereocenters. The lowest BCUT2D eigenvalue weighted by Gasteiger charge is -2.36. The Hall–Kier alpha value is -2.02. The molecular formula is C17H21BrN4O2. The second-order valence-electron chi connectivity index (χ2n) is 5.63. The average Bonchev–Trinajstić information content (AvgIpc) is 3.02. The minimum absolute atomic E-state index is 0.0197. The van der Waals surface area contributed by atoms with Crippen molar-refractivity contribution in [1.82, 2.24) is 14.7 Å². The number of carbonyl (C=O) groups excluding carboxylic acids is 1. The number of anilines is 1. The summed E-state index contributed by atoms with van der Waals surface area (Å²) >= 11 is 3.43. The van der Waals surface area contributed by atoms with Crippen LogP contribution >= 0.6 is 15.9 Å². The summed E-state index contributed by atoms with van der Waals surface area (Å²) in [6, 6.07) is 7.98. The van der Waals surface area contributed by atoms with Crippen LogP contribution in [-0.4, -0.2) is 53.9 Å². The van der Waals surface area contributed by atoms with Gasteiger partial charge in [-0.2, -0.15) is 5.10 Å². The van der Waals surface area contributed by atoms with E-state index in [0.29, 0.717) is 18.8 Å². The molecule has 1 aliphatic heterocycles. The van der Waals surface area contributed by atoms with Crippen LogP contribution in [0.1, 0.15) is 17.4 Å². The van der Waals surface area contributed by atoms with Gasteiger partial charge in [0, 0.05) is 38.9 Å². The second-order valence-corrected chi connectivity index (χ2v) is 6.49. The fraction of sp³-hybridized carbons (Fsp3) is 0.412. The number of carbonyl (C=O) groups is 1. The van der Waals surface area contributed by atoms with E-state index in [0.717, 1.165) is 35.5 Å². The predicted octanol–water partition coefficient (Wildman–Crippen LogP) is 2.64. The van der Waals surface area contributed by atoms with Crippen LogP contribution < -0.4 is 9.64 Å². The van der Waals surface area contributed by atoms with Crippen LogP contribution in [-0.2, 0) is 6.54 Å². The molecule has 0 saturated carbocycles. The highest BCUT2D eigenvalue weighted by molar-refractivity contribution is 9.10.